The molecule has 0 saturated carbocycles. The monoisotopic (exact) mass is 348 g/mol. The van der Waals surface area contributed by atoms with Crippen LogP contribution in [0.3, 0.4) is 0 Å². The summed E-state index contributed by atoms with van der Waals surface area (Å²) in [5.41, 5.74) is 2.49. The Hall–Kier alpha value is -1.55. The zero-order valence-electron chi connectivity index (χ0n) is 13.0. The van der Waals surface area contributed by atoms with Gasteiger partial charge in [-0.05, 0) is 35.7 Å². The Bertz CT molecular complexity index is 842. The highest BCUT2D eigenvalue weighted by atomic mass is 35.5. The van der Waals surface area contributed by atoms with Crippen molar-refractivity contribution in [1.82, 2.24) is 9.78 Å². The van der Waals surface area contributed by atoms with Crippen molar-refractivity contribution in [2.45, 2.75) is 26.5 Å². The van der Waals surface area contributed by atoms with Crippen LogP contribution in [-0.4, -0.2) is 14.9 Å². The summed E-state index contributed by atoms with van der Waals surface area (Å²) < 4.78 is 1.99. The summed E-state index contributed by atoms with van der Waals surface area (Å²) in [4.78, 5) is 0. The Balaban J connectivity index is 1.97. The van der Waals surface area contributed by atoms with E-state index in [0.717, 1.165) is 23.0 Å². The van der Waals surface area contributed by atoms with Gasteiger partial charge in [0.25, 0.3) is 0 Å². The molecular weight excluding hydrogens is 331 g/mol. The van der Waals surface area contributed by atoms with Crippen LogP contribution in [0.5, 0.6) is 0 Å². The van der Waals surface area contributed by atoms with Gasteiger partial charge in [-0.1, -0.05) is 49.2 Å². The highest BCUT2D eigenvalue weighted by Crippen LogP contribution is 2.31. The SMILES string of the molecule is CC(C)Cn1ncc2cc([C@@H](O)c3ccc(Cl)cc3Cl)ccc21. The van der Waals surface area contributed by atoms with Crippen LogP contribution in [0.4, 0.5) is 0 Å². The molecule has 1 atom stereocenters. The maximum absolute atomic E-state index is 10.6. The first kappa shape index (κ1) is 16.3. The van der Waals surface area contributed by atoms with E-state index in [9.17, 15) is 5.11 Å². The number of aromatic nitrogens is 2. The molecule has 2 aromatic carbocycles. The van der Waals surface area contributed by atoms with E-state index in [1.54, 1.807) is 18.2 Å². The minimum atomic E-state index is -0.794. The minimum absolute atomic E-state index is 0.459. The lowest BCUT2D eigenvalue weighted by Gasteiger charge is -2.14. The molecule has 0 aliphatic heterocycles. The van der Waals surface area contributed by atoms with E-state index >= 15 is 0 Å². The van der Waals surface area contributed by atoms with E-state index in [2.05, 4.69) is 18.9 Å². The number of aliphatic hydroxyl groups is 1. The Labute approximate surface area is 145 Å². The molecule has 1 aromatic heterocycles. The Morgan fingerprint density at radius 2 is 1.91 bits per heavy atom. The number of aliphatic hydroxyl groups excluding tert-OH is 1. The summed E-state index contributed by atoms with van der Waals surface area (Å²) in [6, 6.07) is 11.0. The second kappa shape index (κ2) is 6.52. The van der Waals surface area contributed by atoms with Gasteiger partial charge in [-0.3, -0.25) is 4.68 Å². The molecule has 0 spiro atoms. The molecule has 3 aromatic rings. The van der Waals surface area contributed by atoms with Crippen LogP contribution in [0, 0.1) is 5.92 Å². The number of benzene rings is 2. The number of hydrogen-bond donors (Lipinski definition) is 1. The summed E-state index contributed by atoms with van der Waals surface area (Å²) >= 11 is 12.1. The molecule has 0 unspecified atom stereocenters. The summed E-state index contributed by atoms with van der Waals surface area (Å²) in [5.74, 6) is 0.524. The molecule has 0 aliphatic rings. The fourth-order valence-corrected chi connectivity index (χ4v) is 3.18. The average Bonchev–Trinajstić information content (AvgIpc) is 2.88. The van der Waals surface area contributed by atoms with Crippen LogP contribution in [0.15, 0.2) is 42.6 Å². The van der Waals surface area contributed by atoms with Gasteiger partial charge in [-0.25, -0.2) is 0 Å². The maximum Gasteiger partial charge on any atom is 0.106 e. The highest BCUT2D eigenvalue weighted by molar-refractivity contribution is 6.35. The largest absolute Gasteiger partial charge is 0.384 e. The van der Waals surface area contributed by atoms with Gasteiger partial charge in [-0.15, -0.1) is 0 Å². The zero-order chi connectivity index (χ0) is 16.6. The first-order valence-corrected chi connectivity index (χ1v) is 8.30. The van der Waals surface area contributed by atoms with Crippen molar-refractivity contribution >= 4 is 34.1 Å². The van der Waals surface area contributed by atoms with Crippen molar-refractivity contribution < 1.29 is 5.11 Å². The fourth-order valence-electron chi connectivity index (χ4n) is 2.67. The van der Waals surface area contributed by atoms with Gasteiger partial charge in [0.15, 0.2) is 0 Å². The topological polar surface area (TPSA) is 38.0 Å². The van der Waals surface area contributed by atoms with Gasteiger partial charge in [0.05, 0.1) is 11.7 Å². The Kier molecular flexibility index (Phi) is 4.62. The molecule has 3 rings (SSSR count). The molecule has 1 N–H and O–H groups in total. The molecule has 0 fully saturated rings. The quantitative estimate of drug-likeness (QED) is 0.713. The lowest BCUT2D eigenvalue weighted by atomic mass is 10.0. The van der Waals surface area contributed by atoms with Crippen molar-refractivity contribution in [1.29, 1.82) is 0 Å². The zero-order valence-corrected chi connectivity index (χ0v) is 14.5. The lowest BCUT2D eigenvalue weighted by Crippen LogP contribution is -2.05. The van der Waals surface area contributed by atoms with Gasteiger partial charge >= 0.3 is 0 Å². The molecule has 0 amide bonds. The van der Waals surface area contributed by atoms with Gasteiger partial charge in [-0.2, -0.15) is 5.10 Å². The summed E-state index contributed by atoms with van der Waals surface area (Å²) in [7, 11) is 0. The molecule has 0 bridgehead atoms. The molecule has 0 aliphatic carbocycles. The summed E-state index contributed by atoms with van der Waals surface area (Å²) in [6.07, 6.45) is 1.04. The third kappa shape index (κ3) is 3.37. The predicted octanol–water partition coefficient (Wildman–Crippen LogP) is 5.08. The standard InChI is InChI=1S/C18H18Cl2N2O/c1-11(2)10-22-17-6-3-12(7-13(17)9-21-22)18(23)15-5-4-14(19)8-16(15)20/h3-9,11,18,23H,10H2,1-2H3/t18-/m1/s1. The molecule has 1 heterocycles. The number of nitrogens with zero attached hydrogens (tertiary/aromatic N) is 2. The van der Waals surface area contributed by atoms with Crippen molar-refractivity contribution in [3.05, 3.63) is 63.8 Å². The van der Waals surface area contributed by atoms with Crippen LogP contribution in [0.1, 0.15) is 31.1 Å². The Morgan fingerprint density at radius 3 is 2.61 bits per heavy atom. The Morgan fingerprint density at radius 1 is 1.13 bits per heavy atom. The van der Waals surface area contributed by atoms with Crippen molar-refractivity contribution in [2.75, 3.05) is 0 Å². The molecular formula is C18H18Cl2N2O. The van der Waals surface area contributed by atoms with Gasteiger partial charge in [0.1, 0.15) is 6.10 Å². The number of rotatable bonds is 4. The summed E-state index contributed by atoms with van der Waals surface area (Å²) in [6.45, 7) is 5.19. The van der Waals surface area contributed by atoms with Crippen LogP contribution in [0.2, 0.25) is 10.0 Å². The molecule has 0 saturated heterocycles. The van der Waals surface area contributed by atoms with Crippen LogP contribution < -0.4 is 0 Å². The van der Waals surface area contributed by atoms with E-state index in [0.29, 0.717) is 21.5 Å². The van der Waals surface area contributed by atoms with Crippen LogP contribution in [-0.2, 0) is 6.54 Å². The molecule has 23 heavy (non-hydrogen) atoms. The van der Waals surface area contributed by atoms with Gasteiger partial charge in [0, 0.05) is 27.5 Å². The average molecular weight is 349 g/mol. The van der Waals surface area contributed by atoms with E-state index in [1.807, 2.05) is 29.1 Å². The second-order valence-electron chi connectivity index (χ2n) is 6.11. The first-order chi connectivity index (χ1) is 11.0. The van der Waals surface area contributed by atoms with E-state index < -0.39 is 6.10 Å². The number of fused-ring (bicyclic) bond motifs is 1. The van der Waals surface area contributed by atoms with Crippen LogP contribution >= 0.6 is 23.2 Å². The third-order valence-electron chi connectivity index (χ3n) is 3.78. The predicted molar refractivity (Wildman–Crippen MR) is 95.1 cm³/mol. The van der Waals surface area contributed by atoms with Crippen LogP contribution in [0.25, 0.3) is 10.9 Å². The molecule has 3 nitrogen and oxygen atoms in total. The van der Waals surface area contributed by atoms with Crippen molar-refractivity contribution in [3.63, 3.8) is 0 Å². The fraction of sp³-hybridized carbons (Fsp3) is 0.278. The smallest absolute Gasteiger partial charge is 0.106 e. The van der Waals surface area contributed by atoms with E-state index in [-0.39, 0.29) is 0 Å². The van der Waals surface area contributed by atoms with Crippen molar-refractivity contribution in [2.24, 2.45) is 5.92 Å². The maximum atomic E-state index is 10.6. The number of halogens is 2. The third-order valence-corrected chi connectivity index (χ3v) is 4.34. The van der Waals surface area contributed by atoms with Gasteiger partial charge in [0.2, 0.25) is 0 Å². The van der Waals surface area contributed by atoms with Gasteiger partial charge < -0.3 is 5.11 Å². The van der Waals surface area contributed by atoms with E-state index in [1.165, 1.54) is 0 Å². The lowest BCUT2D eigenvalue weighted by molar-refractivity contribution is 0.220. The molecule has 120 valence electrons. The highest BCUT2D eigenvalue weighted by Gasteiger charge is 2.15. The summed E-state index contributed by atoms with van der Waals surface area (Å²) in [5, 5.41) is 17.1. The van der Waals surface area contributed by atoms with E-state index in [4.69, 9.17) is 23.2 Å². The number of hydrogen-bond acceptors (Lipinski definition) is 2. The molecule has 0 radical (unpaired) electrons. The van der Waals surface area contributed by atoms with Crippen molar-refractivity contribution in [3.8, 4) is 0 Å². The first-order valence-electron chi connectivity index (χ1n) is 7.54. The molecule has 5 heteroatoms. The second-order valence-corrected chi connectivity index (χ2v) is 6.95. The minimum Gasteiger partial charge on any atom is -0.384 e. The normalized spacial score (nSPS) is 13.0.